The van der Waals surface area contributed by atoms with E-state index in [1.54, 1.807) is 0 Å². The predicted molar refractivity (Wildman–Crippen MR) is 131 cm³/mol. The number of carboxylic acids is 1. The van der Waals surface area contributed by atoms with Gasteiger partial charge in [-0.3, -0.25) is 4.79 Å². The van der Waals surface area contributed by atoms with Crippen molar-refractivity contribution >= 4 is 59.8 Å². The third-order valence-electron chi connectivity index (χ3n) is 5.72. The van der Waals surface area contributed by atoms with Crippen molar-refractivity contribution in [2.75, 3.05) is 28.8 Å². The van der Waals surface area contributed by atoms with Crippen molar-refractivity contribution in [2.24, 2.45) is 5.73 Å². The van der Waals surface area contributed by atoms with Crippen molar-refractivity contribution in [2.45, 2.75) is 23.8 Å². The van der Waals surface area contributed by atoms with Crippen LogP contribution in [0.15, 0.2) is 36.4 Å². The summed E-state index contributed by atoms with van der Waals surface area (Å²) in [7, 11) is -2.49. The molecule has 11 nitrogen and oxygen atoms in total. The lowest BCUT2D eigenvalue weighted by Crippen LogP contribution is -2.66. The highest BCUT2D eigenvalue weighted by atomic mass is 32.2. The maximum atomic E-state index is 12.9. The number of halogens is 3. The van der Waals surface area contributed by atoms with Crippen LogP contribution in [0.1, 0.15) is 16.8 Å². The Bertz CT molecular complexity index is 1510. The van der Waals surface area contributed by atoms with Crippen LogP contribution < -0.4 is 26.0 Å². The lowest BCUT2D eigenvalue weighted by molar-refractivity contribution is -0.274. The minimum atomic E-state index is -4.89. The maximum Gasteiger partial charge on any atom is 0.573 e. The molecule has 0 spiro atoms. The fourth-order valence-corrected chi connectivity index (χ4v) is 6.46. The van der Waals surface area contributed by atoms with E-state index < -0.39 is 51.3 Å². The zero-order valence-corrected chi connectivity index (χ0v) is 20.8. The number of anilines is 3. The van der Waals surface area contributed by atoms with E-state index in [2.05, 4.69) is 20.4 Å². The quantitative estimate of drug-likeness (QED) is 0.323. The van der Waals surface area contributed by atoms with Crippen molar-refractivity contribution < 1.29 is 41.0 Å². The van der Waals surface area contributed by atoms with E-state index in [4.69, 9.17) is 5.73 Å². The van der Waals surface area contributed by atoms with Gasteiger partial charge >= 0.3 is 12.3 Å². The molecule has 0 bridgehead atoms. The largest absolute Gasteiger partial charge is 0.573 e. The molecule has 3 aromatic rings. The van der Waals surface area contributed by atoms with Crippen LogP contribution in [0, 0.1) is 0 Å². The second-order valence-electron chi connectivity index (χ2n) is 8.30. The molecule has 5 N–H and O–H groups in total. The number of nitrogens with one attached hydrogen (secondary N) is 2. The van der Waals surface area contributed by atoms with Gasteiger partial charge in [0.15, 0.2) is 15.0 Å². The Labute approximate surface area is 211 Å². The van der Waals surface area contributed by atoms with Crippen LogP contribution in [0.25, 0.3) is 10.2 Å². The fourth-order valence-electron chi connectivity index (χ4n) is 4.14. The van der Waals surface area contributed by atoms with E-state index in [9.17, 15) is 36.3 Å². The number of aromatic carboxylic acids is 1. The molecule has 2 heterocycles. The Kier molecular flexibility index (Phi) is 6.36. The number of thiazole rings is 1. The number of amides is 1. The van der Waals surface area contributed by atoms with Gasteiger partial charge in [-0.2, -0.15) is 0 Å². The monoisotopic (exact) mass is 559 g/mol. The first-order valence-electron chi connectivity index (χ1n) is 10.4. The molecule has 0 aliphatic carbocycles. The molecular weight excluding hydrogens is 539 g/mol. The molecule has 0 fully saturated rings. The number of sulfone groups is 1. The molecule has 37 heavy (non-hydrogen) atoms. The molecular formula is C21H20F3N5O6S2. The van der Waals surface area contributed by atoms with E-state index in [-0.39, 0.29) is 16.4 Å². The highest BCUT2D eigenvalue weighted by Gasteiger charge is 2.53. The lowest BCUT2D eigenvalue weighted by Gasteiger charge is -2.42. The van der Waals surface area contributed by atoms with Crippen molar-refractivity contribution in [3.05, 3.63) is 42.0 Å². The number of carboxylic acid groups (broad SMARTS) is 1. The van der Waals surface area contributed by atoms with Gasteiger partial charge in [-0.05, 0) is 30.3 Å². The fraction of sp³-hybridized carbons (Fsp3) is 0.286. The molecule has 2 aromatic carbocycles. The first kappa shape index (κ1) is 26.3. The topological polar surface area (TPSA) is 164 Å². The minimum absolute atomic E-state index is 0.0709. The number of benzene rings is 2. The number of hydrogen-bond donors (Lipinski definition) is 4. The molecule has 0 saturated heterocycles. The number of carbonyl (C=O) groups excluding carboxylic acids is 1. The Morgan fingerprint density at radius 3 is 2.59 bits per heavy atom. The number of nitrogens with two attached hydrogens (primary N) is 1. The van der Waals surface area contributed by atoms with Crippen LogP contribution in [0.5, 0.6) is 5.75 Å². The van der Waals surface area contributed by atoms with Gasteiger partial charge in [0, 0.05) is 25.8 Å². The van der Waals surface area contributed by atoms with E-state index in [0.717, 1.165) is 29.7 Å². The van der Waals surface area contributed by atoms with Crippen molar-refractivity contribution in [3.8, 4) is 5.75 Å². The third-order valence-corrected chi connectivity index (χ3v) is 8.19. The number of aromatic nitrogens is 1. The van der Waals surface area contributed by atoms with Gasteiger partial charge in [-0.1, -0.05) is 11.3 Å². The van der Waals surface area contributed by atoms with E-state index in [0.29, 0.717) is 15.9 Å². The maximum absolute atomic E-state index is 12.9. The van der Waals surface area contributed by atoms with Crippen molar-refractivity contribution in [3.63, 3.8) is 0 Å². The second kappa shape index (κ2) is 8.95. The third kappa shape index (κ3) is 5.20. The van der Waals surface area contributed by atoms with Crippen LogP contribution in [-0.4, -0.2) is 61.1 Å². The van der Waals surface area contributed by atoms with Crippen LogP contribution in [0.2, 0.25) is 0 Å². The first-order chi connectivity index (χ1) is 17.1. The number of ether oxygens (including phenoxy) is 1. The number of alkyl halides is 3. The molecule has 0 radical (unpaired) electrons. The molecule has 16 heteroatoms. The summed E-state index contributed by atoms with van der Waals surface area (Å²) in [5.74, 6) is -4.36. The zero-order chi connectivity index (χ0) is 27.3. The van der Waals surface area contributed by atoms with Gasteiger partial charge in [-0.25, -0.2) is 18.2 Å². The Hall–Kier alpha value is -3.79. The van der Waals surface area contributed by atoms with Gasteiger partial charge in [0.1, 0.15) is 11.0 Å². The summed E-state index contributed by atoms with van der Waals surface area (Å²) in [4.78, 5) is 29.2. The van der Waals surface area contributed by atoms with Crippen LogP contribution in [0.4, 0.5) is 29.7 Å². The molecule has 198 valence electrons. The smallest absolute Gasteiger partial charge is 0.478 e. The average Bonchev–Trinajstić information content (AvgIpc) is 3.27. The molecule has 1 amide bonds. The predicted octanol–water partition coefficient (Wildman–Crippen LogP) is 2.81. The van der Waals surface area contributed by atoms with Gasteiger partial charge < -0.3 is 31.1 Å². The molecule has 2 atom stereocenters. The van der Waals surface area contributed by atoms with Crippen molar-refractivity contribution in [1.82, 2.24) is 4.98 Å². The zero-order valence-electron chi connectivity index (χ0n) is 19.2. The van der Waals surface area contributed by atoms with Crippen LogP contribution in [-0.2, 0) is 14.6 Å². The summed E-state index contributed by atoms with van der Waals surface area (Å²) >= 11 is 0.917. The summed E-state index contributed by atoms with van der Waals surface area (Å²) < 4.78 is 68.0. The first-order valence-corrected chi connectivity index (χ1v) is 13.2. The van der Waals surface area contributed by atoms with E-state index in [1.807, 2.05) is 0 Å². The summed E-state index contributed by atoms with van der Waals surface area (Å²) in [5.41, 5.74) is 6.28. The SMILES string of the molecule is CN1c2ccc(C(=O)O)cc2NC1(Nc1nc2ccc(OC(F)(F)F)cc2s1)C(CC(N)=O)S(C)(=O)=O. The Morgan fingerprint density at radius 2 is 2.00 bits per heavy atom. The summed E-state index contributed by atoms with van der Waals surface area (Å²) in [6, 6.07) is 7.64. The number of primary amides is 1. The summed E-state index contributed by atoms with van der Waals surface area (Å²) in [6.45, 7) is 0. The number of rotatable bonds is 8. The summed E-state index contributed by atoms with van der Waals surface area (Å²) in [5, 5.41) is 14.0. The number of hydrogen-bond acceptors (Lipinski definition) is 10. The molecule has 1 aliphatic heterocycles. The number of carbonyl (C=O) groups is 2. The standard InChI is InChI=1S/C21H20F3N5O6S2/c1-29-14-6-3-10(18(31)32)7-13(14)27-20(29,16(9-17(25)30)37(2,33)34)28-19-26-12-5-4-11(8-15(12)36-19)35-21(22,23)24/h3-8,16,27H,9H2,1-2H3,(H2,25,30)(H,26,28)(H,31,32). The van der Waals surface area contributed by atoms with Crippen LogP contribution >= 0.6 is 11.3 Å². The lowest BCUT2D eigenvalue weighted by atomic mass is 10.1. The summed E-state index contributed by atoms with van der Waals surface area (Å²) in [6.07, 6.45) is -4.58. The van der Waals surface area contributed by atoms with Gasteiger partial charge in [-0.15, -0.1) is 13.2 Å². The van der Waals surface area contributed by atoms with Gasteiger partial charge in [0.25, 0.3) is 0 Å². The molecule has 1 aromatic heterocycles. The molecule has 0 saturated carbocycles. The van der Waals surface area contributed by atoms with Gasteiger partial charge in [0.05, 0.1) is 27.2 Å². The second-order valence-corrected chi connectivity index (χ2v) is 11.6. The van der Waals surface area contributed by atoms with E-state index >= 15 is 0 Å². The van der Waals surface area contributed by atoms with Crippen LogP contribution in [0.3, 0.4) is 0 Å². The number of nitrogens with zero attached hydrogens (tertiary/aromatic N) is 2. The Balaban J connectivity index is 1.82. The Morgan fingerprint density at radius 1 is 1.30 bits per heavy atom. The normalized spacial score (nSPS) is 18.2. The minimum Gasteiger partial charge on any atom is -0.478 e. The van der Waals surface area contributed by atoms with E-state index in [1.165, 1.54) is 36.2 Å². The molecule has 4 rings (SSSR count). The molecule has 1 aliphatic rings. The highest BCUT2D eigenvalue weighted by Crippen LogP contribution is 2.44. The molecule has 2 unspecified atom stereocenters. The van der Waals surface area contributed by atoms with Crippen molar-refractivity contribution in [1.29, 1.82) is 0 Å². The van der Waals surface area contributed by atoms with Gasteiger partial charge in [0.2, 0.25) is 11.7 Å². The average molecular weight is 560 g/mol. The number of fused-ring (bicyclic) bond motifs is 2. The highest BCUT2D eigenvalue weighted by molar-refractivity contribution is 7.91.